The van der Waals surface area contributed by atoms with Crippen molar-refractivity contribution in [3.63, 3.8) is 0 Å². The van der Waals surface area contributed by atoms with Crippen molar-refractivity contribution in [1.29, 1.82) is 0 Å². The van der Waals surface area contributed by atoms with Crippen LogP contribution in [-0.2, 0) is 26.1 Å². The maximum absolute atomic E-state index is 9.28. The number of rotatable bonds is 2. The molecule has 0 amide bonds. The van der Waals surface area contributed by atoms with Gasteiger partial charge in [0.15, 0.2) is 0 Å². The normalized spacial score (nSPS) is 25.7. The molecule has 0 radical (unpaired) electrons. The van der Waals surface area contributed by atoms with Crippen molar-refractivity contribution in [3.8, 4) is 0 Å². The van der Waals surface area contributed by atoms with E-state index in [1.54, 1.807) is 0 Å². The summed E-state index contributed by atoms with van der Waals surface area (Å²) in [5, 5.41) is 18.6. The van der Waals surface area contributed by atoms with Gasteiger partial charge in [0.1, 0.15) is 0 Å². The summed E-state index contributed by atoms with van der Waals surface area (Å²) in [6.07, 6.45) is 6.55. The molecule has 0 bridgehead atoms. The van der Waals surface area contributed by atoms with Crippen molar-refractivity contribution < 1.29 is 36.3 Å². The van der Waals surface area contributed by atoms with Gasteiger partial charge in [-0.25, -0.2) is 0 Å². The van der Waals surface area contributed by atoms with Gasteiger partial charge in [0.2, 0.25) is 0 Å². The predicted molar refractivity (Wildman–Crippen MR) is 72.4 cm³/mol. The third-order valence-corrected chi connectivity index (χ3v) is 4.08. The second-order valence-corrected chi connectivity index (χ2v) is 8.48. The molecule has 0 aromatic carbocycles. The van der Waals surface area contributed by atoms with Crippen LogP contribution in [0.5, 0.6) is 0 Å². The molecule has 1 spiro atoms. The molecule has 9 heteroatoms. The minimum atomic E-state index is -1.63. The molecule has 0 heterocycles. The summed E-state index contributed by atoms with van der Waals surface area (Å²) in [7, 11) is 9.75. The Kier molecular flexibility index (Phi) is 10.9. The molecule has 0 aromatic rings. The molecule has 0 aliphatic heterocycles. The fourth-order valence-corrected chi connectivity index (χ4v) is 3.14. The van der Waals surface area contributed by atoms with Crippen LogP contribution in [0.25, 0.3) is 0 Å². The number of carboxylic acid groups (broad SMARTS) is 2. The molecule has 2 aliphatic rings. The van der Waals surface area contributed by atoms with Gasteiger partial charge in [0.25, 0.3) is 0 Å². The average molecular weight is 522 g/mol. The summed E-state index contributed by atoms with van der Waals surface area (Å²) >= 11 is -0.472. The number of carbonyl (C=O) groups excluding carboxylic acids is 2. The Labute approximate surface area is 140 Å². The van der Waals surface area contributed by atoms with Gasteiger partial charge >= 0.3 is 35.3 Å². The molecular formula is C12H20Cl2N2O4Pt. The fraction of sp³-hybridized carbons (Fsp3) is 0.833. The summed E-state index contributed by atoms with van der Waals surface area (Å²) in [6.45, 7) is 0. The van der Waals surface area contributed by atoms with Crippen molar-refractivity contribution in [1.82, 2.24) is 0 Å². The summed E-state index contributed by atoms with van der Waals surface area (Å²) in [5.41, 5.74) is 12.5. The van der Waals surface area contributed by atoms with E-state index in [0.717, 1.165) is 0 Å². The average Bonchev–Trinajstić information content (AvgIpc) is 2.89. The first-order valence-electron chi connectivity index (χ1n) is 6.53. The number of hydrogen-bond donors (Lipinski definition) is 2. The van der Waals surface area contributed by atoms with Crippen molar-refractivity contribution in [2.75, 3.05) is 0 Å². The molecule has 2 saturated carbocycles. The Morgan fingerprint density at radius 1 is 1.05 bits per heavy atom. The van der Waals surface area contributed by atoms with Crippen LogP contribution in [0.15, 0.2) is 0 Å². The minimum absolute atomic E-state index is 0.361. The van der Waals surface area contributed by atoms with Crippen molar-refractivity contribution in [2.24, 2.45) is 16.9 Å². The Hall–Kier alpha value is 0.128. The van der Waals surface area contributed by atoms with E-state index in [2.05, 4.69) is 0 Å². The van der Waals surface area contributed by atoms with Gasteiger partial charge in [-0.15, -0.1) is 0 Å². The van der Waals surface area contributed by atoms with Gasteiger partial charge < -0.3 is 31.3 Å². The number of nitrogens with two attached hydrogens (primary N) is 2. The third kappa shape index (κ3) is 7.29. The molecule has 2 rings (SSSR count). The summed E-state index contributed by atoms with van der Waals surface area (Å²) in [4.78, 5) is 18.6. The first-order chi connectivity index (χ1) is 9.80. The molecule has 21 heavy (non-hydrogen) atoms. The van der Waals surface area contributed by atoms with E-state index in [0.29, 0.717) is 17.5 Å². The molecule has 2 aliphatic carbocycles. The zero-order valence-corrected chi connectivity index (χ0v) is 15.2. The van der Waals surface area contributed by atoms with Crippen LogP contribution >= 0.6 is 18.8 Å². The monoisotopic (exact) mass is 521 g/mol. The standard InChI is InChI=1S/C9H18N2.C3H4O4.2ClH.Pt/c10-7-3-1-5-9(7)6-2-4-8(9)11;4-2(5)1-3(6)7;;;/h7-8H,1-6,10-11H2;1H2,(H,4,5)(H,6,7);2*1H;/q;;;;+4/p-4/t7-,8-,9?;;;;/m0..../s1. The van der Waals surface area contributed by atoms with E-state index in [1.807, 2.05) is 0 Å². The van der Waals surface area contributed by atoms with E-state index in [1.165, 1.54) is 38.5 Å². The molecule has 0 saturated heterocycles. The van der Waals surface area contributed by atoms with E-state index in [4.69, 9.17) is 30.3 Å². The summed E-state index contributed by atoms with van der Waals surface area (Å²) in [5.74, 6) is -3.25. The van der Waals surface area contributed by atoms with Gasteiger partial charge in [-0.05, 0) is 25.7 Å². The molecule has 0 aromatic heterocycles. The second-order valence-electron chi connectivity index (χ2n) is 5.20. The van der Waals surface area contributed by atoms with Crippen LogP contribution in [0.3, 0.4) is 0 Å². The molecule has 2 fully saturated rings. The Morgan fingerprint density at radius 2 is 1.38 bits per heavy atom. The summed E-state index contributed by atoms with van der Waals surface area (Å²) in [6, 6.07) is 0.806. The van der Waals surface area contributed by atoms with Gasteiger partial charge in [0, 0.05) is 35.9 Å². The number of halogens is 2. The van der Waals surface area contributed by atoms with E-state index in [-0.39, 0.29) is 0 Å². The van der Waals surface area contributed by atoms with Gasteiger partial charge in [-0.3, -0.25) is 0 Å². The first-order valence-corrected chi connectivity index (χ1v) is 12.2. The number of aliphatic carboxylic acids is 2. The zero-order valence-electron chi connectivity index (χ0n) is 11.5. The fourth-order valence-electron chi connectivity index (χ4n) is 3.14. The number of carboxylic acids is 2. The van der Waals surface area contributed by atoms with E-state index in [9.17, 15) is 19.8 Å². The van der Waals surface area contributed by atoms with Crippen LogP contribution in [-0.4, -0.2) is 24.0 Å². The number of hydrogen-bond acceptors (Lipinski definition) is 6. The second kappa shape index (κ2) is 10.8. The van der Waals surface area contributed by atoms with Crippen molar-refractivity contribution in [3.05, 3.63) is 0 Å². The predicted octanol–water partition coefficient (Wildman–Crippen LogP) is -0.752. The van der Waals surface area contributed by atoms with Gasteiger partial charge in [-0.2, -0.15) is 0 Å². The molecule has 126 valence electrons. The summed E-state index contributed by atoms with van der Waals surface area (Å²) < 4.78 is 0. The molecule has 6 nitrogen and oxygen atoms in total. The van der Waals surface area contributed by atoms with Crippen LogP contribution in [0.2, 0.25) is 0 Å². The van der Waals surface area contributed by atoms with Gasteiger partial charge in [0.05, 0.1) is 0 Å². The first kappa shape index (κ1) is 21.1. The van der Waals surface area contributed by atoms with Gasteiger partial charge in [-0.1, -0.05) is 12.8 Å². The Balaban J connectivity index is 0.000000348. The quantitative estimate of drug-likeness (QED) is 0.459. The molecule has 0 unspecified atom stereocenters. The van der Waals surface area contributed by atoms with Crippen LogP contribution < -0.4 is 21.7 Å². The van der Waals surface area contributed by atoms with E-state index < -0.39 is 34.8 Å². The van der Waals surface area contributed by atoms with E-state index >= 15 is 0 Å². The van der Waals surface area contributed by atoms with Crippen molar-refractivity contribution >= 4 is 30.8 Å². The Bertz CT molecular complexity index is 317. The van der Waals surface area contributed by atoms with Crippen LogP contribution in [0.4, 0.5) is 0 Å². The SMILES string of the molecule is N[C@H]1CCCC12CCC[C@@H]2N.O=C([O-])CC(=O)[O-].[Cl][Pt+2][Cl]. The molecule has 4 N–H and O–H groups in total. The molecule has 2 atom stereocenters. The topological polar surface area (TPSA) is 132 Å². The maximum atomic E-state index is 9.28. The van der Waals surface area contributed by atoms with Crippen LogP contribution in [0, 0.1) is 5.41 Å². The van der Waals surface area contributed by atoms with Crippen LogP contribution in [0.1, 0.15) is 44.9 Å². The zero-order chi connectivity index (χ0) is 16.5. The number of carbonyl (C=O) groups is 2. The Morgan fingerprint density at radius 3 is 1.52 bits per heavy atom. The third-order valence-electron chi connectivity index (χ3n) is 4.08. The van der Waals surface area contributed by atoms with Crippen molar-refractivity contribution in [2.45, 2.75) is 57.0 Å². The molecular weight excluding hydrogens is 502 g/mol.